The topological polar surface area (TPSA) is 50.4 Å². The van der Waals surface area contributed by atoms with E-state index in [2.05, 4.69) is 24.5 Å². The minimum absolute atomic E-state index is 0.0812. The van der Waals surface area contributed by atoms with Crippen LogP contribution in [0.2, 0.25) is 0 Å². The summed E-state index contributed by atoms with van der Waals surface area (Å²) in [5.41, 5.74) is 0. The molecule has 3 unspecified atom stereocenters. The highest BCUT2D eigenvalue weighted by atomic mass is 16.5. The molecule has 1 aliphatic rings. The average Bonchev–Trinajstić information content (AvgIpc) is 2.31. The molecular formula is C13H26N2O2. The van der Waals surface area contributed by atoms with E-state index in [9.17, 15) is 4.79 Å². The minimum Gasteiger partial charge on any atom is -0.376 e. The summed E-state index contributed by atoms with van der Waals surface area (Å²) in [6, 6.07) is 1.02. The molecule has 0 aliphatic carbocycles. The molecule has 1 aliphatic heterocycles. The number of carbonyl (C=O) groups is 1. The summed E-state index contributed by atoms with van der Waals surface area (Å²) < 4.78 is 5.83. The lowest BCUT2D eigenvalue weighted by Crippen LogP contribution is -2.50. The van der Waals surface area contributed by atoms with Gasteiger partial charge in [-0.2, -0.15) is 0 Å². The molecule has 0 spiro atoms. The van der Waals surface area contributed by atoms with Crippen LogP contribution in [-0.4, -0.2) is 37.2 Å². The Kier molecular flexibility index (Phi) is 6.52. The van der Waals surface area contributed by atoms with Gasteiger partial charge in [-0.05, 0) is 33.1 Å². The molecule has 0 aromatic carbocycles. The van der Waals surface area contributed by atoms with Crippen molar-refractivity contribution in [2.24, 2.45) is 0 Å². The van der Waals surface area contributed by atoms with Gasteiger partial charge in [0.05, 0.1) is 12.7 Å². The molecule has 1 heterocycles. The van der Waals surface area contributed by atoms with Gasteiger partial charge in [-0.3, -0.25) is 4.79 Å². The van der Waals surface area contributed by atoms with Gasteiger partial charge in [0.1, 0.15) is 0 Å². The van der Waals surface area contributed by atoms with Gasteiger partial charge in [0.15, 0.2) is 0 Å². The number of ether oxygens (including phenoxy) is 1. The second-order valence-electron chi connectivity index (χ2n) is 4.77. The van der Waals surface area contributed by atoms with Gasteiger partial charge in [-0.1, -0.05) is 6.92 Å². The predicted molar refractivity (Wildman–Crippen MR) is 69.0 cm³/mol. The summed E-state index contributed by atoms with van der Waals surface area (Å²) in [7, 11) is 0. The first-order valence-electron chi connectivity index (χ1n) is 6.81. The fraction of sp³-hybridized carbons (Fsp3) is 0.923. The molecule has 0 aromatic rings. The van der Waals surface area contributed by atoms with Crippen LogP contribution in [0, 0.1) is 0 Å². The largest absolute Gasteiger partial charge is 0.376 e. The number of hydrogen-bond donors (Lipinski definition) is 2. The van der Waals surface area contributed by atoms with Gasteiger partial charge in [0.25, 0.3) is 0 Å². The summed E-state index contributed by atoms with van der Waals surface area (Å²) in [5, 5.41) is 6.33. The summed E-state index contributed by atoms with van der Waals surface area (Å²) >= 11 is 0. The zero-order valence-electron chi connectivity index (χ0n) is 11.3. The van der Waals surface area contributed by atoms with Crippen LogP contribution < -0.4 is 10.6 Å². The van der Waals surface area contributed by atoms with Crippen LogP contribution in [-0.2, 0) is 9.53 Å². The van der Waals surface area contributed by atoms with E-state index >= 15 is 0 Å². The van der Waals surface area contributed by atoms with Crippen molar-refractivity contribution < 1.29 is 9.53 Å². The van der Waals surface area contributed by atoms with Gasteiger partial charge < -0.3 is 15.4 Å². The summed E-state index contributed by atoms with van der Waals surface area (Å²) in [6.45, 7) is 7.55. The van der Waals surface area contributed by atoms with E-state index in [0.29, 0.717) is 31.7 Å². The van der Waals surface area contributed by atoms with Crippen LogP contribution in [0.15, 0.2) is 0 Å². The SMILES string of the molecule is CCNC(=O)CCOC1CCC(C)NC1CC. The highest BCUT2D eigenvalue weighted by Crippen LogP contribution is 2.18. The van der Waals surface area contributed by atoms with Gasteiger partial charge in [0.2, 0.25) is 5.91 Å². The lowest BCUT2D eigenvalue weighted by atomic mass is 9.95. The third kappa shape index (κ3) is 5.04. The van der Waals surface area contributed by atoms with Crippen LogP contribution in [0.3, 0.4) is 0 Å². The maximum Gasteiger partial charge on any atom is 0.222 e. The van der Waals surface area contributed by atoms with Gasteiger partial charge in [-0.15, -0.1) is 0 Å². The van der Waals surface area contributed by atoms with E-state index in [-0.39, 0.29) is 12.0 Å². The molecule has 3 atom stereocenters. The minimum atomic E-state index is 0.0812. The molecule has 2 N–H and O–H groups in total. The van der Waals surface area contributed by atoms with E-state index in [4.69, 9.17) is 4.74 Å². The summed E-state index contributed by atoms with van der Waals surface area (Å²) in [6.07, 6.45) is 4.07. The monoisotopic (exact) mass is 242 g/mol. The van der Waals surface area contributed by atoms with E-state index < -0.39 is 0 Å². The molecule has 0 radical (unpaired) electrons. The molecule has 0 saturated carbocycles. The number of nitrogens with one attached hydrogen (secondary N) is 2. The summed E-state index contributed by atoms with van der Waals surface area (Å²) in [5.74, 6) is 0.0812. The lowest BCUT2D eigenvalue weighted by Gasteiger charge is -2.35. The average molecular weight is 242 g/mol. The molecule has 1 saturated heterocycles. The fourth-order valence-corrected chi connectivity index (χ4v) is 2.34. The van der Waals surface area contributed by atoms with E-state index in [1.54, 1.807) is 0 Å². The first-order chi connectivity index (χ1) is 8.17. The Morgan fingerprint density at radius 1 is 1.41 bits per heavy atom. The van der Waals surface area contributed by atoms with Gasteiger partial charge >= 0.3 is 0 Å². The van der Waals surface area contributed by atoms with Crippen molar-refractivity contribution in [3.05, 3.63) is 0 Å². The Bertz CT molecular complexity index is 233. The second kappa shape index (κ2) is 7.67. The predicted octanol–water partition coefficient (Wildman–Crippen LogP) is 1.45. The van der Waals surface area contributed by atoms with Crippen LogP contribution >= 0.6 is 0 Å². The van der Waals surface area contributed by atoms with Crippen LogP contribution in [0.1, 0.15) is 46.5 Å². The molecule has 4 nitrogen and oxygen atoms in total. The van der Waals surface area contributed by atoms with E-state index in [1.807, 2.05) is 6.92 Å². The third-order valence-corrected chi connectivity index (χ3v) is 3.31. The van der Waals surface area contributed by atoms with Crippen molar-refractivity contribution in [1.82, 2.24) is 10.6 Å². The van der Waals surface area contributed by atoms with Crippen molar-refractivity contribution in [1.29, 1.82) is 0 Å². The first-order valence-corrected chi connectivity index (χ1v) is 6.81. The Labute approximate surface area is 104 Å². The van der Waals surface area contributed by atoms with Gasteiger partial charge in [-0.25, -0.2) is 0 Å². The fourth-order valence-electron chi connectivity index (χ4n) is 2.34. The standard InChI is InChI=1S/C13H26N2O2/c1-4-11-12(7-6-10(3)15-11)17-9-8-13(16)14-5-2/h10-12,15H,4-9H2,1-3H3,(H,14,16). The van der Waals surface area contributed by atoms with Crippen LogP contribution in [0.5, 0.6) is 0 Å². The van der Waals surface area contributed by atoms with Crippen molar-refractivity contribution in [3.8, 4) is 0 Å². The van der Waals surface area contributed by atoms with E-state index in [0.717, 1.165) is 19.3 Å². The first kappa shape index (κ1) is 14.5. The molecule has 1 rings (SSSR count). The third-order valence-electron chi connectivity index (χ3n) is 3.31. The van der Waals surface area contributed by atoms with Crippen LogP contribution in [0.4, 0.5) is 0 Å². The number of piperidine rings is 1. The Hall–Kier alpha value is -0.610. The lowest BCUT2D eigenvalue weighted by molar-refractivity contribution is -0.122. The molecular weight excluding hydrogens is 216 g/mol. The molecule has 1 amide bonds. The zero-order valence-corrected chi connectivity index (χ0v) is 11.3. The summed E-state index contributed by atoms with van der Waals surface area (Å²) in [4.78, 5) is 11.3. The smallest absolute Gasteiger partial charge is 0.222 e. The molecule has 0 bridgehead atoms. The quantitative estimate of drug-likeness (QED) is 0.741. The zero-order chi connectivity index (χ0) is 12.7. The maximum atomic E-state index is 11.3. The highest BCUT2D eigenvalue weighted by Gasteiger charge is 2.27. The van der Waals surface area contributed by atoms with E-state index in [1.165, 1.54) is 0 Å². The second-order valence-corrected chi connectivity index (χ2v) is 4.77. The highest BCUT2D eigenvalue weighted by molar-refractivity contribution is 5.75. The number of rotatable bonds is 6. The Balaban J connectivity index is 2.23. The number of hydrogen-bond acceptors (Lipinski definition) is 3. The normalized spacial score (nSPS) is 29.0. The molecule has 1 fully saturated rings. The molecule has 100 valence electrons. The molecule has 0 aromatic heterocycles. The number of amides is 1. The molecule has 4 heteroatoms. The Morgan fingerprint density at radius 2 is 2.18 bits per heavy atom. The van der Waals surface area contributed by atoms with Crippen molar-refractivity contribution >= 4 is 5.91 Å². The maximum absolute atomic E-state index is 11.3. The molecule has 17 heavy (non-hydrogen) atoms. The van der Waals surface area contributed by atoms with Gasteiger partial charge in [0, 0.05) is 25.0 Å². The van der Waals surface area contributed by atoms with Crippen molar-refractivity contribution in [3.63, 3.8) is 0 Å². The van der Waals surface area contributed by atoms with Crippen molar-refractivity contribution in [2.75, 3.05) is 13.2 Å². The van der Waals surface area contributed by atoms with Crippen molar-refractivity contribution in [2.45, 2.75) is 64.6 Å². The number of carbonyl (C=O) groups excluding carboxylic acids is 1. The Morgan fingerprint density at radius 3 is 2.82 bits per heavy atom. The van der Waals surface area contributed by atoms with Crippen LogP contribution in [0.25, 0.3) is 0 Å².